The largest absolute Gasteiger partial charge is 0.491 e. The van der Waals surface area contributed by atoms with Crippen LogP contribution in [0.5, 0.6) is 5.75 Å². The molecule has 0 saturated carbocycles. The van der Waals surface area contributed by atoms with Gasteiger partial charge < -0.3 is 14.8 Å². The maximum Gasteiger partial charge on any atom is 0.419 e. The second-order valence-corrected chi connectivity index (χ2v) is 3.90. The third-order valence-electron chi connectivity index (χ3n) is 2.42. The van der Waals surface area contributed by atoms with Gasteiger partial charge in [-0.25, -0.2) is 0 Å². The fourth-order valence-corrected chi connectivity index (χ4v) is 1.59. The third kappa shape index (κ3) is 5.08. The van der Waals surface area contributed by atoms with E-state index in [9.17, 15) is 13.2 Å². The van der Waals surface area contributed by atoms with Crippen LogP contribution in [0.4, 0.5) is 13.2 Å². The van der Waals surface area contributed by atoms with E-state index in [1.807, 2.05) is 6.92 Å². The van der Waals surface area contributed by atoms with Crippen LogP contribution in [0.25, 0.3) is 0 Å². The minimum atomic E-state index is -4.43. The molecule has 0 heterocycles. The fraction of sp³-hybridized carbons (Fsp3) is 0.538. The molecule has 1 aromatic rings. The van der Waals surface area contributed by atoms with E-state index in [-0.39, 0.29) is 19.0 Å². The Kier molecular flexibility index (Phi) is 6.11. The molecule has 0 unspecified atom stereocenters. The Labute approximate surface area is 110 Å². The lowest BCUT2D eigenvalue weighted by Gasteiger charge is -2.15. The van der Waals surface area contributed by atoms with E-state index in [2.05, 4.69) is 5.32 Å². The van der Waals surface area contributed by atoms with Crippen molar-refractivity contribution in [2.45, 2.75) is 19.6 Å². The summed E-state index contributed by atoms with van der Waals surface area (Å²) in [7, 11) is 1.68. The average Bonchev–Trinajstić information content (AvgIpc) is 2.35. The van der Waals surface area contributed by atoms with E-state index in [1.165, 1.54) is 6.07 Å². The van der Waals surface area contributed by atoms with E-state index in [0.717, 1.165) is 6.07 Å². The lowest BCUT2D eigenvalue weighted by atomic mass is 10.1. The highest BCUT2D eigenvalue weighted by atomic mass is 19.4. The molecule has 1 rings (SSSR count). The average molecular weight is 277 g/mol. The predicted octanol–water partition coefficient (Wildman–Crippen LogP) is 2.84. The molecule has 0 aliphatic rings. The normalized spacial score (nSPS) is 11.6. The van der Waals surface area contributed by atoms with Gasteiger partial charge in [-0.15, -0.1) is 0 Å². The van der Waals surface area contributed by atoms with Crippen LogP contribution < -0.4 is 10.1 Å². The summed E-state index contributed by atoms with van der Waals surface area (Å²) < 4.78 is 48.9. The summed E-state index contributed by atoms with van der Waals surface area (Å²) in [6.07, 6.45) is -4.43. The van der Waals surface area contributed by atoms with Gasteiger partial charge in [0, 0.05) is 13.2 Å². The number of benzene rings is 1. The van der Waals surface area contributed by atoms with Gasteiger partial charge >= 0.3 is 6.18 Å². The maximum atomic E-state index is 12.9. The number of halogens is 3. The summed E-state index contributed by atoms with van der Waals surface area (Å²) in [5.41, 5.74) is -0.191. The maximum absolute atomic E-state index is 12.9. The van der Waals surface area contributed by atoms with Crippen LogP contribution in [0.2, 0.25) is 0 Å². The molecule has 1 N–H and O–H groups in total. The first-order valence-electron chi connectivity index (χ1n) is 6.04. The van der Waals surface area contributed by atoms with Crippen molar-refractivity contribution in [1.29, 1.82) is 0 Å². The molecule has 0 aliphatic carbocycles. The van der Waals surface area contributed by atoms with Crippen molar-refractivity contribution < 1.29 is 22.6 Å². The minimum absolute atomic E-state index is 0.0995. The van der Waals surface area contributed by atoms with Gasteiger partial charge in [-0.2, -0.15) is 13.2 Å². The summed E-state index contributed by atoms with van der Waals surface area (Å²) in [5.74, 6) is -0.160. The van der Waals surface area contributed by atoms with Gasteiger partial charge in [0.15, 0.2) is 0 Å². The van der Waals surface area contributed by atoms with Crippen LogP contribution in [0, 0.1) is 0 Å². The van der Waals surface area contributed by atoms with Crippen molar-refractivity contribution in [2.24, 2.45) is 0 Å². The SMILES string of the molecule is CCOCCOc1ccc(CNC)cc1C(F)(F)F. The first kappa shape index (κ1) is 15.8. The monoisotopic (exact) mass is 277 g/mol. The molecule has 0 fully saturated rings. The fourth-order valence-electron chi connectivity index (χ4n) is 1.59. The van der Waals surface area contributed by atoms with Gasteiger partial charge in [-0.1, -0.05) is 6.07 Å². The molecule has 19 heavy (non-hydrogen) atoms. The quantitative estimate of drug-likeness (QED) is 0.777. The van der Waals surface area contributed by atoms with Gasteiger partial charge in [-0.3, -0.25) is 0 Å². The Morgan fingerprint density at radius 3 is 2.53 bits per heavy atom. The van der Waals surface area contributed by atoms with Gasteiger partial charge in [0.05, 0.1) is 12.2 Å². The molecule has 3 nitrogen and oxygen atoms in total. The number of nitrogens with one attached hydrogen (secondary N) is 1. The van der Waals surface area contributed by atoms with Crippen molar-refractivity contribution in [3.05, 3.63) is 29.3 Å². The lowest BCUT2D eigenvalue weighted by Crippen LogP contribution is -2.13. The zero-order valence-corrected chi connectivity index (χ0v) is 11.0. The summed E-state index contributed by atoms with van der Waals surface area (Å²) >= 11 is 0. The Morgan fingerprint density at radius 1 is 1.21 bits per heavy atom. The van der Waals surface area contributed by atoms with E-state index in [1.54, 1.807) is 13.1 Å². The smallest absolute Gasteiger partial charge is 0.419 e. The predicted molar refractivity (Wildman–Crippen MR) is 66.2 cm³/mol. The van der Waals surface area contributed by atoms with Crippen LogP contribution in [0.1, 0.15) is 18.1 Å². The molecule has 108 valence electrons. The standard InChI is InChI=1S/C13H18F3NO2/c1-3-18-6-7-19-12-5-4-10(9-17-2)8-11(12)13(14,15)16/h4-5,8,17H,3,6-7,9H2,1-2H3. The molecule has 6 heteroatoms. The zero-order valence-electron chi connectivity index (χ0n) is 11.0. The number of alkyl halides is 3. The van der Waals surface area contributed by atoms with Crippen molar-refractivity contribution in [3.8, 4) is 5.75 Å². The van der Waals surface area contributed by atoms with Crippen LogP contribution in [0.15, 0.2) is 18.2 Å². The Morgan fingerprint density at radius 2 is 1.95 bits per heavy atom. The molecule has 0 spiro atoms. The Hall–Kier alpha value is -1.27. The molecule has 0 amide bonds. The molecule has 0 bridgehead atoms. The van der Waals surface area contributed by atoms with Gasteiger partial charge in [-0.05, 0) is 31.7 Å². The molecule has 0 atom stereocenters. The summed E-state index contributed by atoms with van der Waals surface area (Å²) in [6.45, 7) is 3.07. The van der Waals surface area contributed by atoms with Crippen molar-refractivity contribution in [3.63, 3.8) is 0 Å². The summed E-state index contributed by atoms with van der Waals surface area (Å²) in [5, 5.41) is 2.81. The first-order valence-corrected chi connectivity index (χ1v) is 6.04. The second-order valence-electron chi connectivity index (χ2n) is 3.90. The highest BCUT2D eigenvalue weighted by Gasteiger charge is 2.34. The Balaban J connectivity index is 2.84. The topological polar surface area (TPSA) is 30.5 Å². The first-order chi connectivity index (χ1) is 8.99. The van der Waals surface area contributed by atoms with Gasteiger partial charge in [0.2, 0.25) is 0 Å². The van der Waals surface area contributed by atoms with Gasteiger partial charge in [0.25, 0.3) is 0 Å². The second kappa shape index (κ2) is 7.35. The third-order valence-corrected chi connectivity index (χ3v) is 2.42. The van der Waals surface area contributed by atoms with E-state index < -0.39 is 11.7 Å². The Bertz CT molecular complexity index is 394. The highest BCUT2D eigenvalue weighted by Crippen LogP contribution is 2.36. The van der Waals surface area contributed by atoms with Crippen LogP contribution in [0.3, 0.4) is 0 Å². The number of hydrogen-bond donors (Lipinski definition) is 1. The lowest BCUT2D eigenvalue weighted by molar-refractivity contribution is -0.139. The van der Waals surface area contributed by atoms with Gasteiger partial charge in [0.1, 0.15) is 12.4 Å². The zero-order chi connectivity index (χ0) is 14.3. The molecular weight excluding hydrogens is 259 g/mol. The number of rotatable bonds is 7. The summed E-state index contributed by atoms with van der Waals surface area (Å²) in [4.78, 5) is 0. The molecular formula is C13H18F3NO2. The van der Waals surface area contributed by atoms with E-state index in [4.69, 9.17) is 9.47 Å². The van der Waals surface area contributed by atoms with Crippen LogP contribution in [-0.4, -0.2) is 26.9 Å². The molecule has 0 radical (unpaired) electrons. The molecule has 1 aromatic carbocycles. The highest BCUT2D eigenvalue weighted by molar-refractivity contribution is 5.39. The van der Waals surface area contributed by atoms with Crippen molar-refractivity contribution in [2.75, 3.05) is 26.9 Å². The van der Waals surface area contributed by atoms with Crippen LogP contribution in [-0.2, 0) is 17.5 Å². The summed E-state index contributed by atoms with van der Waals surface area (Å²) in [6, 6.07) is 4.07. The van der Waals surface area contributed by atoms with Crippen molar-refractivity contribution in [1.82, 2.24) is 5.32 Å². The van der Waals surface area contributed by atoms with E-state index in [0.29, 0.717) is 18.7 Å². The molecule has 0 aliphatic heterocycles. The van der Waals surface area contributed by atoms with E-state index >= 15 is 0 Å². The molecule has 0 saturated heterocycles. The minimum Gasteiger partial charge on any atom is -0.491 e. The number of ether oxygens (including phenoxy) is 2. The number of hydrogen-bond acceptors (Lipinski definition) is 3. The molecule has 0 aromatic heterocycles. The van der Waals surface area contributed by atoms with Crippen molar-refractivity contribution >= 4 is 0 Å². The van der Waals surface area contributed by atoms with Crippen LogP contribution >= 0.6 is 0 Å².